The second-order valence-electron chi connectivity index (χ2n) is 9.43. The normalized spacial score (nSPS) is 18.5. The molecule has 5 nitrogen and oxygen atoms in total. The maximum absolute atomic E-state index is 13.4. The summed E-state index contributed by atoms with van der Waals surface area (Å²) in [6.07, 6.45) is 0.699. The van der Waals surface area contributed by atoms with Crippen molar-refractivity contribution in [2.75, 3.05) is 5.32 Å². The minimum atomic E-state index is -4.55. The molecule has 2 N–H and O–H groups in total. The second kappa shape index (κ2) is 9.65. The van der Waals surface area contributed by atoms with Crippen LogP contribution in [-0.2, 0) is 24.4 Å². The van der Waals surface area contributed by atoms with Gasteiger partial charge in [-0.1, -0.05) is 29.8 Å². The van der Waals surface area contributed by atoms with E-state index in [-0.39, 0.29) is 23.5 Å². The Labute approximate surface area is 211 Å². The van der Waals surface area contributed by atoms with E-state index < -0.39 is 11.9 Å². The van der Waals surface area contributed by atoms with Gasteiger partial charge in [0, 0.05) is 52.3 Å². The second-order valence-corrected chi connectivity index (χ2v) is 9.87. The summed E-state index contributed by atoms with van der Waals surface area (Å²) in [6, 6.07) is 13.7. The number of nitrogens with zero attached hydrogens (tertiary/aromatic N) is 2. The predicted molar refractivity (Wildman–Crippen MR) is 136 cm³/mol. The number of alkyl halides is 3. The van der Waals surface area contributed by atoms with Gasteiger partial charge in [-0.05, 0) is 61.6 Å². The van der Waals surface area contributed by atoms with E-state index in [1.807, 2.05) is 42.1 Å². The van der Waals surface area contributed by atoms with E-state index in [2.05, 4.69) is 15.6 Å². The maximum Gasteiger partial charge on any atom is 0.433 e. The Hall–Kier alpha value is -3.26. The molecule has 188 valence electrons. The van der Waals surface area contributed by atoms with Gasteiger partial charge in [-0.2, -0.15) is 13.2 Å². The molecule has 1 saturated carbocycles. The van der Waals surface area contributed by atoms with Gasteiger partial charge in [0.05, 0.1) is 11.9 Å². The zero-order chi connectivity index (χ0) is 25.4. The van der Waals surface area contributed by atoms with Crippen LogP contribution in [0.1, 0.15) is 36.9 Å². The van der Waals surface area contributed by atoms with Crippen molar-refractivity contribution in [3.05, 3.63) is 71.0 Å². The van der Waals surface area contributed by atoms with Crippen LogP contribution in [0, 0.1) is 0 Å². The molecule has 2 heterocycles. The molecule has 1 aliphatic rings. The molecule has 2 aromatic carbocycles. The van der Waals surface area contributed by atoms with Crippen molar-refractivity contribution in [3.63, 3.8) is 0 Å². The Morgan fingerprint density at radius 3 is 2.53 bits per heavy atom. The number of para-hydroxylation sites is 1. The fraction of sp³-hybridized carbons (Fsp3) is 0.333. The van der Waals surface area contributed by atoms with Crippen LogP contribution < -0.4 is 10.6 Å². The molecule has 0 aliphatic heterocycles. The lowest BCUT2D eigenvalue weighted by Crippen LogP contribution is -2.40. The van der Waals surface area contributed by atoms with E-state index in [9.17, 15) is 18.0 Å². The van der Waals surface area contributed by atoms with Crippen LogP contribution in [0.15, 0.2) is 54.7 Å². The molecule has 5 rings (SSSR count). The highest BCUT2D eigenvalue weighted by Gasteiger charge is 2.34. The molecule has 1 amide bonds. The number of fused-ring (bicyclic) bond motifs is 2. The number of carbonyl (C=O) groups is 1. The Balaban J connectivity index is 1.23. The fourth-order valence-electron chi connectivity index (χ4n) is 5.08. The fourth-order valence-corrected chi connectivity index (χ4v) is 5.25. The van der Waals surface area contributed by atoms with Crippen LogP contribution in [0.25, 0.3) is 21.8 Å². The van der Waals surface area contributed by atoms with Crippen LogP contribution >= 0.6 is 11.6 Å². The third kappa shape index (κ3) is 5.14. The summed E-state index contributed by atoms with van der Waals surface area (Å²) in [7, 11) is 1.97. The summed E-state index contributed by atoms with van der Waals surface area (Å²) in [4.78, 5) is 16.5. The molecule has 1 fully saturated rings. The van der Waals surface area contributed by atoms with Crippen LogP contribution in [0.2, 0.25) is 5.02 Å². The highest BCUT2D eigenvalue weighted by Crippen LogP contribution is 2.35. The molecule has 2 aromatic heterocycles. The number of aryl methyl sites for hydroxylation is 1. The molecule has 0 saturated heterocycles. The monoisotopic (exact) mass is 514 g/mol. The van der Waals surface area contributed by atoms with Crippen molar-refractivity contribution in [2.24, 2.45) is 7.05 Å². The molecule has 0 unspecified atom stereocenters. The first-order valence-electron chi connectivity index (χ1n) is 11.9. The van der Waals surface area contributed by atoms with Crippen LogP contribution in [-0.4, -0.2) is 27.5 Å². The van der Waals surface area contributed by atoms with E-state index in [4.69, 9.17) is 11.6 Å². The predicted octanol–water partition coefficient (Wildman–Crippen LogP) is 6.48. The molecule has 0 atom stereocenters. The van der Waals surface area contributed by atoms with E-state index in [1.165, 1.54) is 12.1 Å². The topological polar surface area (TPSA) is 59.0 Å². The SMILES string of the molecule is Cn1cc(CC(=O)NC2CCC(Nc3cc(C(F)(F)F)nc4ccc(Cl)cc34)CC2)c2ccccc21. The smallest absolute Gasteiger partial charge is 0.382 e. The maximum atomic E-state index is 13.4. The summed E-state index contributed by atoms with van der Waals surface area (Å²) < 4.78 is 42.3. The van der Waals surface area contributed by atoms with Gasteiger partial charge < -0.3 is 15.2 Å². The van der Waals surface area contributed by atoms with Gasteiger partial charge in [0.15, 0.2) is 0 Å². The summed E-state index contributed by atoms with van der Waals surface area (Å²) in [5.41, 5.74) is 1.76. The molecule has 0 radical (unpaired) electrons. The quantitative estimate of drug-likeness (QED) is 0.320. The third-order valence-corrected chi connectivity index (χ3v) is 7.08. The number of aromatic nitrogens is 2. The minimum absolute atomic E-state index is 0.0121. The van der Waals surface area contributed by atoms with Gasteiger partial charge in [-0.25, -0.2) is 4.98 Å². The summed E-state index contributed by atoms with van der Waals surface area (Å²) in [6.45, 7) is 0. The highest BCUT2D eigenvalue weighted by atomic mass is 35.5. The Morgan fingerprint density at radius 2 is 1.78 bits per heavy atom. The van der Waals surface area contributed by atoms with Crippen LogP contribution in [0.4, 0.5) is 18.9 Å². The van der Waals surface area contributed by atoms with Gasteiger partial charge in [-0.15, -0.1) is 0 Å². The Morgan fingerprint density at radius 1 is 1.06 bits per heavy atom. The van der Waals surface area contributed by atoms with Gasteiger partial charge in [0.25, 0.3) is 0 Å². The van der Waals surface area contributed by atoms with E-state index in [1.54, 1.807) is 6.07 Å². The molecule has 4 aromatic rings. The number of rotatable bonds is 5. The number of nitrogens with one attached hydrogen (secondary N) is 2. The van der Waals surface area contributed by atoms with Crippen molar-refractivity contribution in [1.29, 1.82) is 0 Å². The Kier molecular flexibility index (Phi) is 6.55. The number of pyridine rings is 1. The molecule has 0 bridgehead atoms. The average molecular weight is 515 g/mol. The van der Waals surface area contributed by atoms with Crippen molar-refractivity contribution in [2.45, 2.75) is 50.4 Å². The van der Waals surface area contributed by atoms with Gasteiger partial charge in [0.1, 0.15) is 5.69 Å². The zero-order valence-electron chi connectivity index (χ0n) is 19.7. The zero-order valence-corrected chi connectivity index (χ0v) is 20.5. The summed E-state index contributed by atoms with van der Waals surface area (Å²) in [5.74, 6) is -0.0210. The molecule has 9 heteroatoms. The van der Waals surface area contributed by atoms with Crippen LogP contribution in [0.5, 0.6) is 0 Å². The first kappa shape index (κ1) is 24.4. The van der Waals surface area contributed by atoms with E-state index in [0.717, 1.165) is 48.2 Å². The first-order valence-corrected chi connectivity index (χ1v) is 12.3. The lowest BCUT2D eigenvalue weighted by atomic mass is 9.90. The third-order valence-electron chi connectivity index (χ3n) is 6.84. The molecular formula is C27H26ClF3N4O. The highest BCUT2D eigenvalue weighted by molar-refractivity contribution is 6.31. The standard InChI is InChI=1S/C27H26ClF3N4O/c1-35-15-16(20-4-2-3-5-24(20)35)12-26(36)33-19-9-7-18(8-10-19)32-23-14-25(27(29,30)31)34-22-11-6-17(28)13-21(22)23/h2-6,11,13-15,18-19H,7-10,12H2,1H3,(H,32,34)(H,33,36). The first-order chi connectivity index (χ1) is 17.2. The number of amides is 1. The van der Waals surface area contributed by atoms with Crippen molar-refractivity contribution < 1.29 is 18.0 Å². The molecule has 1 aliphatic carbocycles. The average Bonchev–Trinajstić information content (AvgIpc) is 3.15. The number of carbonyl (C=O) groups excluding carboxylic acids is 1. The lowest BCUT2D eigenvalue weighted by molar-refractivity contribution is -0.140. The number of halogens is 4. The van der Waals surface area contributed by atoms with Gasteiger partial charge >= 0.3 is 6.18 Å². The number of benzene rings is 2. The summed E-state index contributed by atoms with van der Waals surface area (Å²) in [5, 5.41) is 8.49. The number of anilines is 1. The van der Waals surface area contributed by atoms with Crippen molar-refractivity contribution in [1.82, 2.24) is 14.9 Å². The molecular weight excluding hydrogens is 489 g/mol. The number of hydrogen-bond donors (Lipinski definition) is 2. The van der Waals surface area contributed by atoms with Crippen molar-refractivity contribution >= 4 is 45.0 Å². The van der Waals surface area contributed by atoms with Gasteiger partial charge in [-0.3, -0.25) is 4.79 Å². The minimum Gasteiger partial charge on any atom is -0.382 e. The largest absolute Gasteiger partial charge is 0.433 e. The lowest BCUT2D eigenvalue weighted by Gasteiger charge is -2.30. The summed E-state index contributed by atoms with van der Waals surface area (Å²) >= 11 is 6.10. The molecule has 0 spiro atoms. The number of hydrogen-bond acceptors (Lipinski definition) is 3. The van der Waals surface area contributed by atoms with E-state index >= 15 is 0 Å². The molecule has 36 heavy (non-hydrogen) atoms. The Bertz CT molecular complexity index is 1420. The van der Waals surface area contributed by atoms with Crippen LogP contribution in [0.3, 0.4) is 0 Å². The van der Waals surface area contributed by atoms with E-state index in [0.29, 0.717) is 22.5 Å². The van der Waals surface area contributed by atoms with Gasteiger partial charge in [0.2, 0.25) is 5.91 Å². The van der Waals surface area contributed by atoms with Crippen molar-refractivity contribution in [3.8, 4) is 0 Å².